The summed E-state index contributed by atoms with van der Waals surface area (Å²) in [4.78, 5) is 0. The molecule has 0 aromatic carbocycles. The maximum Gasteiger partial charge on any atom is 0.0672 e. The van der Waals surface area contributed by atoms with Crippen molar-refractivity contribution in [3.8, 4) is 6.07 Å². The Bertz CT molecular complexity index is 222. The van der Waals surface area contributed by atoms with Crippen LogP contribution in [0, 0.1) is 17.2 Å². The summed E-state index contributed by atoms with van der Waals surface area (Å²) in [5.74, 6) is 0.243. The second kappa shape index (κ2) is 7.65. The standard InChI is InChI=1S/C13H24N2O/c1-11(2)16-9-4-3-8-15-13-7-5-6-12(13)10-14/h11-13,15H,3-9H2,1-2H3. The molecule has 16 heavy (non-hydrogen) atoms. The van der Waals surface area contributed by atoms with Crippen LogP contribution in [0.25, 0.3) is 0 Å². The lowest BCUT2D eigenvalue weighted by Crippen LogP contribution is -2.32. The van der Waals surface area contributed by atoms with Crippen LogP contribution in [0.3, 0.4) is 0 Å². The molecule has 1 aliphatic carbocycles. The average molecular weight is 224 g/mol. The van der Waals surface area contributed by atoms with Crippen molar-refractivity contribution in [2.45, 2.75) is 58.1 Å². The smallest absolute Gasteiger partial charge is 0.0672 e. The normalized spacial score (nSPS) is 24.9. The van der Waals surface area contributed by atoms with E-state index in [0.29, 0.717) is 12.1 Å². The van der Waals surface area contributed by atoms with E-state index in [0.717, 1.165) is 32.4 Å². The Morgan fingerprint density at radius 3 is 2.88 bits per heavy atom. The summed E-state index contributed by atoms with van der Waals surface area (Å²) in [5.41, 5.74) is 0. The van der Waals surface area contributed by atoms with Gasteiger partial charge in [0.25, 0.3) is 0 Å². The fraction of sp³-hybridized carbons (Fsp3) is 0.923. The molecule has 0 radical (unpaired) electrons. The third kappa shape index (κ3) is 4.96. The average Bonchev–Trinajstić information content (AvgIpc) is 2.70. The molecule has 0 saturated heterocycles. The first kappa shape index (κ1) is 13.5. The van der Waals surface area contributed by atoms with E-state index in [1.54, 1.807) is 0 Å². The second-order valence-corrected chi connectivity index (χ2v) is 4.85. The predicted molar refractivity (Wildman–Crippen MR) is 65.1 cm³/mol. The van der Waals surface area contributed by atoms with Gasteiger partial charge in [0, 0.05) is 12.6 Å². The number of nitriles is 1. The quantitative estimate of drug-likeness (QED) is 0.676. The molecule has 1 rings (SSSR count). The van der Waals surface area contributed by atoms with E-state index in [1.165, 1.54) is 12.8 Å². The third-order valence-electron chi connectivity index (χ3n) is 3.11. The summed E-state index contributed by atoms with van der Waals surface area (Å²) in [5, 5.41) is 12.4. The van der Waals surface area contributed by atoms with Crippen molar-refractivity contribution in [1.29, 1.82) is 5.26 Å². The molecule has 1 aliphatic rings. The first-order valence-corrected chi connectivity index (χ1v) is 6.48. The highest BCUT2D eigenvalue weighted by atomic mass is 16.5. The summed E-state index contributed by atoms with van der Waals surface area (Å²) >= 11 is 0. The predicted octanol–water partition coefficient (Wildman–Crippen LogP) is 2.47. The zero-order valence-electron chi connectivity index (χ0n) is 10.5. The summed E-state index contributed by atoms with van der Waals surface area (Å²) in [6, 6.07) is 2.83. The Hall–Kier alpha value is -0.590. The van der Waals surface area contributed by atoms with E-state index in [2.05, 4.69) is 25.2 Å². The molecule has 2 atom stereocenters. The minimum absolute atomic E-state index is 0.243. The summed E-state index contributed by atoms with van der Waals surface area (Å²) in [7, 11) is 0. The lowest BCUT2D eigenvalue weighted by atomic mass is 10.1. The third-order valence-corrected chi connectivity index (χ3v) is 3.11. The topological polar surface area (TPSA) is 45.0 Å². The molecule has 0 aromatic rings. The van der Waals surface area contributed by atoms with E-state index in [1.807, 2.05) is 0 Å². The summed E-state index contributed by atoms with van der Waals surface area (Å²) in [6.07, 6.45) is 6.03. The van der Waals surface area contributed by atoms with E-state index < -0.39 is 0 Å². The lowest BCUT2D eigenvalue weighted by Gasteiger charge is -2.15. The molecule has 3 nitrogen and oxygen atoms in total. The van der Waals surface area contributed by atoms with Gasteiger partial charge in [0.05, 0.1) is 18.1 Å². The van der Waals surface area contributed by atoms with Gasteiger partial charge in [0.15, 0.2) is 0 Å². The lowest BCUT2D eigenvalue weighted by molar-refractivity contribution is 0.0759. The number of hydrogen-bond donors (Lipinski definition) is 1. The zero-order valence-corrected chi connectivity index (χ0v) is 10.5. The Morgan fingerprint density at radius 2 is 2.19 bits per heavy atom. The van der Waals surface area contributed by atoms with Crippen LogP contribution < -0.4 is 5.32 Å². The van der Waals surface area contributed by atoms with Gasteiger partial charge < -0.3 is 10.1 Å². The number of ether oxygens (including phenoxy) is 1. The molecule has 0 amide bonds. The van der Waals surface area contributed by atoms with Crippen LogP contribution in [0.1, 0.15) is 46.0 Å². The largest absolute Gasteiger partial charge is 0.379 e. The Labute approximate surface area is 99.2 Å². The minimum Gasteiger partial charge on any atom is -0.379 e. The van der Waals surface area contributed by atoms with Gasteiger partial charge in [0.1, 0.15) is 0 Å². The Balaban J connectivity index is 1.97. The number of unbranched alkanes of at least 4 members (excludes halogenated alkanes) is 1. The summed E-state index contributed by atoms with van der Waals surface area (Å²) in [6.45, 7) is 6.00. The van der Waals surface area contributed by atoms with Crippen LogP contribution in [0.15, 0.2) is 0 Å². The van der Waals surface area contributed by atoms with Gasteiger partial charge in [-0.25, -0.2) is 0 Å². The highest BCUT2D eigenvalue weighted by molar-refractivity contribution is 4.96. The van der Waals surface area contributed by atoms with Crippen molar-refractivity contribution >= 4 is 0 Å². The van der Waals surface area contributed by atoms with Gasteiger partial charge in [-0.15, -0.1) is 0 Å². The van der Waals surface area contributed by atoms with Crippen LogP contribution in [0.5, 0.6) is 0 Å². The van der Waals surface area contributed by atoms with Crippen molar-refractivity contribution in [1.82, 2.24) is 5.32 Å². The van der Waals surface area contributed by atoms with Gasteiger partial charge in [-0.1, -0.05) is 6.42 Å². The fourth-order valence-corrected chi connectivity index (χ4v) is 2.19. The number of nitrogens with one attached hydrogen (secondary N) is 1. The number of rotatable bonds is 7. The van der Waals surface area contributed by atoms with Crippen LogP contribution in [-0.2, 0) is 4.74 Å². The van der Waals surface area contributed by atoms with E-state index >= 15 is 0 Å². The van der Waals surface area contributed by atoms with Gasteiger partial charge in [-0.05, 0) is 46.1 Å². The van der Waals surface area contributed by atoms with Crippen LogP contribution in [-0.4, -0.2) is 25.3 Å². The minimum atomic E-state index is 0.243. The van der Waals surface area contributed by atoms with E-state index in [4.69, 9.17) is 10.00 Å². The Morgan fingerprint density at radius 1 is 1.38 bits per heavy atom. The van der Waals surface area contributed by atoms with Crippen molar-refractivity contribution in [3.63, 3.8) is 0 Å². The molecule has 1 N–H and O–H groups in total. The molecule has 2 unspecified atom stereocenters. The highest BCUT2D eigenvalue weighted by Gasteiger charge is 2.25. The second-order valence-electron chi connectivity index (χ2n) is 4.85. The van der Waals surface area contributed by atoms with Crippen molar-refractivity contribution in [2.24, 2.45) is 5.92 Å². The molecule has 1 fully saturated rings. The molecule has 92 valence electrons. The van der Waals surface area contributed by atoms with Crippen molar-refractivity contribution in [3.05, 3.63) is 0 Å². The SMILES string of the molecule is CC(C)OCCCCNC1CCCC1C#N. The van der Waals surface area contributed by atoms with Crippen LogP contribution >= 0.6 is 0 Å². The van der Waals surface area contributed by atoms with Crippen LogP contribution in [0.4, 0.5) is 0 Å². The first-order valence-electron chi connectivity index (χ1n) is 6.48. The molecule has 0 aliphatic heterocycles. The van der Waals surface area contributed by atoms with Gasteiger partial charge in [-0.2, -0.15) is 5.26 Å². The molecule has 1 saturated carbocycles. The van der Waals surface area contributed by atoms with Gasteiger partial charge >= 0.3 is 0 Å². The molecular weight excluding hydrogens is 200 g/mol. The van der Waals surface area contributed by atoms with Crippen molar-refractivity contribution < 1.29 is 4.74 Å². The molecule has 0 bridgehead atoms. The fourth-order valence-electron chi connectivity index (χ4n) is 2.19. The van der Waals surface area contributed by atoms with Crippen LogP contribution in [0.2, 0.25) is 0 Å². The van der Waals surface area contributed by atoms with E-state index in [-0.39, 0.29) is 5.92 Å². The Kier molecular flexibility index (Phi) is 6.44. The van der Waals surface area contributed by atoms with Crippen molar-refractivity contribution in [2.75, 3.05) is 13.2 Å². The highest BCUT2D eigenvalue weighted by Crippen LogP contribution is 2.24. The number of nitrogens with zero attached hydrogens (tertiary/aromatic N) is 1. The molecule has 0 heterocycles. The molecular formula is C13H24N2O. The molecule has 0 aromatic heterocycles. The summed E-state index contributed by atoms with van der Waals surface area (Å²) < 4.78 is 5.48. The molecule has 0 spiro atoms. The first-order chi connectivity index (χ1) is 7.74. The zero-order chi connectivity index (χ0) is 11.8. The van der Waals surface area contributed by atoms with Gasteiger partial charge in [0.2, 0.25) is 0 Å². The molecule has 3 heteroatoms. The maximum atomic E-state index is 8.93. The maximum absolute atomic E-state index is 8.93. The number of hydrogen-bond acceptors (Lipinski definition) is 3. The monoisotopic (exact) mass is 224 g/mol. The van der Waals surface area contributed by atoms with E-state index in [9.17, 15) is 0 Å². The van der Waals surface area contributed by atoms with Gasteiger partial charge in [-0.3, -0.25) is 0 Å².